The highest BCUT2D eigenvalue weighted by atomic mass is 16.5. The quantitative estimate of drug-likeness (QED) is 0.383. The van der Waals surface area contributed by atoms with Crippen LogP contribution in [0.5, 0.6) is 17.2 Å². The number of hydrogen-bond donors (Lipinski definition) is 0. The molecule has 0 aliphatic carbocycles. The van der Waals surface area contributed by atoms with Crippen molar-refractivity contribution in [2.45, 2.75) is 32.0 Å². The topological polar surface area (TPSA) is 70.8 Å². The summed E-state index contributed by atoms with van der Waals surface area (Å²) in [6, 6.07) is 22.8. The summed E-state index contributed by atoms with van der Waals surface area (Å²) in [7, 11) is 0. The molecule has 0 amide bonds. The molecule has 0 spiro atoms. The number of carbonyl (C=O) groups excluding carboxylic acids is 1. The van der Waals surface area contributed by atoms with Gasteiger partial charge in [0.1, 0.15) is 41.6 Å². The van der Waals surface area contributed by atoms with E-state index in [1.54, 1.807) is 6.07 Å². The molecule has 2 aliphatic rings. The highest BCUT2D eigenvalue weighted by Crippen LogP contribution is 2.44. The fraction of sp³-hybridized carbons (Fsp3) is 0.185. The maximum Gasteiger partial charge on any atom is 0.318 e. The van der Waals surface area contributed by atoms with Crippen LogP contribution >= 0.6 is 0 Å². The number of benzene rings is 3. The van der Waals surface area contributed by atoms with Crippen molar-refractivity contribution in [3.63, 3.8) is 0 Å². The molecule has 0 radical (unpaired) electrons. The number of hydrogen-bond acceptors (Lipinski definition) is 6. The van der Waals surface area contributed by atoms with Crippen LogP contribution in [-0.4, -0.2) is 17.2 Å². The predicted octanol–water partition coefficient (Wildman–Crippen LogP) is 5.65. The number of fused-ring (bicyclic) bond motifs is 3. The molecule has 0 saturated carbocycles. The van der Waals surface area contributed by atoms with E-state index in [0.717, 1.165) is 34.4 Å². The van der Waals surface area contributed by atoms with Gasteiger partial charge in [-0.3, -0.25) is 4.79 Å². The second-order valence-electron chi connectivity index (χ2n) is 8.36. The van der Waals surface area contributed by atoms with Gasteiger partial charge in [-0.25, -0.2) is 0 Å². The Bertz CT molecular complexity index is 1310. The minimum atomic E-state index is -0.559. The van der Waals surface area contributed by atoms with Gasteiger partial charge in [0.2, 0.25) is 0 Å². The third kappa shape index (κ3) is 3.53. The molecule has 3 aromatic carbocycles. The second-order valence-corrected chi connectivity index (χ2v) is 8.36. The first kappa shape index (κ1) is 19.6. The number of carbonyl (C=O) groups is 1. The van der Waals surface area contributed by atoms with Crippen LogP contribution in [0.1, 0.15) is 35.2 Å². The SMILES string of the molecule is CC1Cc2cc(-c3cc(COC(=O)C4c5ccccc5Oc5ccccc54)no3)ccc2O1. The van der Waals surface area contributed by atoms with Gasteiger partial charge < -0.3 is 18.7 Å². The van der Waals surface area contributed by atoms with Crippen LogP contribution in [0.15, 0.2) is 77.3 Å². The van der Waals surface area contributed by atoms with Gasteiger partial charge in [0.15, 0.2) is 5.76 Å². The normalized spacial score (nSPS) is 16.2. The third-order valence-electron chi connectivity index (χ3n) is 6.02. The Labute approximate surface area is 190 Å². The molecule has 164 valence electrons. The number of para-hydroxylation sites is 2. The Morgan fingerprint density at radius 1 is 0.970 bits per heavy atom. The summed E-state index contributed by atoms with van der Waals surface area (Å²) in [5.74, 6) is 1.96. The zero-order chi connectivity index (χ0) is 22.4. The van der Waals surface area contributed by atoms with Gasteiger partial charge in [-0.15, -0.1) is 0 Å². The molecule has 6 heteroatoms. The summed E-state index contributed by atoms with van der Waals surface area (Å²) in [6.07, 6.45) is 1.05. The lowest BCUT2D eigenvalue weighted by atomic mass is 9.88. The molecule has 4 aromatic rings. The zero-order valence-corrected chi connectivity index (χ0v) is 18.0. The van der Waals surface area contributed by atoms with Crippen LogP contribution in [0.25, 0.3) is 11.3 Å². The van der Waals surface area contributed by atoms with Crippen molar-refractivity contribution in [3.8, 4) is 28.6 Å². The fourth-order valence-electron chi connectivity index (χ4n) is 4.48. The summed E-state index contributed by atoms with van der Waals surface area (Å²) in [6.45, 7) is 2.07. The zero-order valence-electron chi connectivity index (χ0n) is 18.0. The van der Waals surface area contributed by atoms with Crippen LogP contribution in [0, 0.1) is 0 Å². The van der Waals surface area contributed by atoms with Crippen LogP contribution in [0.3, 0.4) is 0 Å². The smallest absolute Gasteiger partial charge is 0.318 e. The minimum absolute atomic E-state index is 0.0229. The Kier molecular flexibility index (Phi) is 4.64. The van der Waals surface area contributed by atoms with E-state index in [1.807, 2.05) is 60.7 Å². The number of rotatable bonds is 4. The lowest BCUT2D eigenvalue weighted by Crippen LogP contribution is -2.21. The van der Waals surface area contributed by atoms with Crippen molar-refractivity contribution < 1.29 is 23.5 Å². The summed E-state index contributed by atoms with van der Waals surface area (Å²) in [4.78, 5) is 13.2. The van der Waals surface area contributed by atoms with Crippen LogP contribution in [0.2, 0.25) is 0 Å². The Balaban J connectivity index is 1.21. The number of ether oxygens (including phenoxy) is 3. The van der Waals surface area contributed by atoms with E-state index in [9.17, 15) is 4.79 Å². The van der Waals surface area contributed by atoms with Gasteiger partial charge in [-0.05, 0) is 42.8 Å². The van der Waals surface area contributed by atoms with Crippen molar-refractivity contribution in [2.75, 3.05) is 0 Å². The number of aromatic nitrogens is 1. The molecule has 3 heterocycles. The van der Waals surface area contributed by atoms with Gasteiger partial charge in [0, 0.05) is 29.2 Å². The maximum absolute atomic E-state index is 13.2. The largest absolute Gasteiger partial charge is 0.490 e. The van der Waals surface area contributed by atoms with E-state index in [1.165, 1.54) is 0 Å². The molecule has 2 aliphatic heterocycles. The Hall–Kier alpha value is -4.06. The van der Waals surface area contributed by atoms with Gasteiger partial charge >= 0.3 is 5.97 Å². The van der Waals surface area contributed by atoms with Crippen molar-refractivity contribution in [1.29, 1.82) is 0 Å². The minimum Gasteiger partial charge on any atom is -0.490 e. The van der Waals surface area contributed by atoms with Crippen molar-refractivity contribution in [1.82, 2.24) is 5.16 Å². The van der Waals surface area contributed by atoms with E-state index in [0.29, 0.717) is 23.0 Å². The van der Waals surface area contributed by atoms with E-state index in [4.69, 9.17) is 18.7 Å². The summed E-state index contributed by atoms with van der Waals surface area (Å²) in [5.41, 5.74) is 4.20. The van der Waals surface area contributed by atoms with Crippen molar-refractivity contribution >= 4 is 5.97 Å². The van der Waals surface area contributed by atoms with Gasteiger partial charge in [0.05, 0.1) is 0 Å². The Morgan fingerprint density at radius 3 is 2.45 bits per heavy atom. The van der Waals surface area contributed by atoms with Gasteiger partial charge in [0.25, 0.3) is 0 Å². The van der Waals surface area contributed by atoms with Crippen LogP contribution in [0.4, 0.5) is 0 Å². The first-order valence-corrected chi connectivity index (χ1v) is 10.9. The molecule has 1 aromatic heterocycles. The summed E-state index contributed by atoms with van der Waals surface area (Å²) < 4.78 is 22.9. The maximum atomic E-state index is 13.2. The van der Waals surface area contributed by atoms with Crippen LogP contribution in [-0.2, 0) is 22.6 Å². The molecule has 33 heavy (non-hydrogen) atoms. The molecule has 0 saturated heterocycles. The van der Waals surface area contributed by atoms with E-state index < -0.39 is 5.92 Å². The highest BCUT2D eigenvalue weighted by Gasteiger charge is 2.33. The molecule has 6 nitrogen and oxygen atoms in total. The third-order valence-corrected chi connectivity index (χ3v) is 6.02. The lowest BCUT2D eigenvalue weighted by Gasteiger charge is -2.26. The van der Waals surface area contributed by atoms with Crippen molar-refractivity contribution in [2.24, 2.45) is 0 Å². The van der Waals surface area contributed by atoms with Gasteiger partial charge in [-0.1, -0.05) is 41.6 Å². The van der Waals surface area contributed by atoms with Crippen molar-refractivity contribution in [3.05, 3.63) is 95.2 Å². The fourth-order valence-corrected chi connectivity index (χ4v) is 4.48. The second kappa shape index (κ2) is 7.81. The summed E-state index contributed by atoms with van der Waals surface area (Å²) >= 11 is 0. The van der Waals surface area contributed by atoms with Crippen LogP contribution < -0.4 is 9.47 Å². The monoisotopic (exact) mass is 439 g/mol. The molecule has 1 unspecified atom stereocenters. The first-order valence-electron chi connectivity index (χ1n) is 10.9. The standard InChI is InChI=1S/C27H21NO5/c1-16-12-18-13-17(10-11-22(18)31-16)25-14-19(28-33-25)15-30-27(29)26-20-6-2-4-8-23(20)32-24-9-5-3-7-21(24)26/h2-11,13-14,16,26H,12,15H2,1H3. The number of esters is 1. The lowest BCUT2D eigenvalue weighted by molar-refractivity contribution is -0.146. The highest BCUT2D eigenvalue weighted by molar-refractivity contribution is 5.85. The summed E-state index contributed by atoms with van der Waals surface area (Å²) in [5, 5.41) is 4.10. The molecular formula is C27H21NO5. The molecular weight excluding hydrogens is 418 g/mol. The molecule has 1 atom stereocenters. The first-order chi connectivity index (χ1) is 16.2. The predicted molar refractivity (Wildman–Crippen MR) is 120 cm³/mol. The molecule has 0 N–H and O–H groups in total. The molecule has 0 fully saturated rings. The van der Waals surface area contributed by atoms with E-state index in [2.05, 4.69) is 18.1 Å². The number of nitrogens with zero attached hydrogens (tertiary/aromatic N) is 1. The Morgan fingerprint density at radius 2 is 1.70 bits per heavy atom. The molecule has 0 bridgehead atoms. The van der Waals surface area contributed by atoms with E-state index in [-0.39, 0.29) is 18.7 Å². The average molecular weight is 439 g/mol. The van der Waals surface area contributed by atoms with Gasteiger partial charge in [-0.2, -0.15) is 0 Å². The molecule has 6 rings (SSSR count). The van der Waals surface area contributed by atoms with E-state index >= 15 is 0 Å². The average Bonchev–Trinajstić information content (AvgIpc) is 3.46.